The molecular weight excluding hydrogens is 502 g/mol. The highest BCUT2D eigenvalue weighted by Crippen LogP contribution is 2.32. The Balaban J connectivity index is 1.86. The second-order valence-electron chi connectivity index (χ2n) is 8.31. The average Bonchev–Trinajstić information content (AvgIpc) is 2.84. The lowest BCUT2D eigenvalue weighted by molar-refractivity contribution is -0.141. The van der Waals surface area contributed by atoms with Crippen molar-refractivity contribution >= 4 is 23.2 Å². The second kappa shape index (κ2) is 12.2. The Labute approximate surface area is 213 Å². The second-order valence-corrected chi connectivity index (χ2v) is 9.15. The highest BCUT2D eigenvalue weighted by molar-refractivity contribution is 6.32. The van der Waals surface area contributed by atoms with Gasteiger partial charge in [0.15, 0.2) is 0 Å². The number of aromatic nitrogens is 1. The zero-order valence-corrected chi connectivity index (χ0v) is 20.8. The molecule has 10 heteroatoms. The summed E-state index contributed by atoms with van der Waals surface area (Å²) in [4.78, 5) is 3.56. The smallest absolute Gasteiger partial charge is 0.433 e. The monoisotopic (exact) mass is 529 g/mol. The summed E-state index contributed by atoms with van der Waals surface area (Å²) in [5.74, 6) is 0.467. The third kappa shape index (κ3) is 7.44. The SMILES string of the molecule is CNC(O)[C@H](N[C@@H](CCc1ccc(C(F)(F)F)nc1)c1ccc(Cl)c(OC)c1)C1C=CC(Cl)=CC1. The number of likely N-dealkylation sites (N-methyl/N-ethyl adjacent to an activating group) is 1. The molecule has 4 atom stereocenters. The number of ether oxygens (including phenoxy) is 1. The first-order chi connectivity index (χ1) is 16.6. The molecule has 3 N–H and O–H groups in total. The maximum Gasteiger partial charge on any atom is 0.433 e. The number of aryl methyl sites for hydroxylation is 1. The summed E-state index contributed by atoms with van der Waals surface area (Å²) in [5, 5.41) is 18.3. The Morgan fingerprint density at radius 2 is 2.00 bits per heavy atom. The Hall–Kier alpha value is -2.10. The number of aliphatic hydroxyl groups excluding tert-OH is 1. The van der Waals surface area contributed by atoms with Crippen molar-refractivity contribution in [3.63, 3.8) is 0 Å². The van der Waals surface area contributed by atoms with E-state index in [4.69, 9.17) is 27.9 Å². The number of aliphatic hydroxyl groups is 1. The molecule has 0 radical (unpaired) electrons. The van der Waals surface area contributed by atoms with E-state index in [0.29, 0.717) is 40.6 Å². The van der Waals surface area contributed by atoms with E-state index in [1.54, 1.807) is 19.2 Å². The predicted molar refractivity (Wildman–Crippen MR) is 131 cm³/mol. The Morgan fingerprint density at radius 1 is 1.23 bits per heavy atom. The van der Waals surface area contributed by atoms with Gasteiger partial charge in [-0.05, 0) is 67.6 Å². The Bertz CT molecular complexity index is 1050. The summed E-state index contributed by atoms with van der Waals surface area (Å²) >= 11 is 12.3. The molecule has 1 aliphatic rings. The van der Waals surface area contributed by atoms with Crippen molar-refractivity contribution < 1.29 is 23.0 Å². The maximum absolute atomic E-state index is 12.9. The first-order valence-electron chi connectivity index (χ1n) is 11.1. The number of pyridine rings is 1. The third-order valence-corrected chi connectivity index (χ3v) is 6.59. The van der Waals surface area contributed by atoms with Gasteiger partial charge in [-0.25, -0.2) is 0 Å². The minimum absolute atomic E-state index is 0.0376. The van der Waals surface area contributed by atoms with Crippen molar-refractivity contribution in [2.75, 3.05) is 14.2 Å². The molecule has 0 aliphatic heterocycles. The topological polar surface area (TPSA) is 66.4 Å². The largest absolute Gasteiger partial charge is 0.495 e. The molecule has 2 aromatic rings. The number of nitrogens with zero attached hydrogens (tertiary/aromatic N) is 1. The van der Waals surface area contributed by atoms with Crippen LogP contribution in [0, 0.1) is 5.92 Å². The van der Waals surface area contributed by atoms with Crippen molar-refractivity contribution in [2.24, 2.45) is 5.92 Å². The van der Waals surface area contributed by atoms with Crippen LogP contribution in [0.5, 0.6) is 5.75 Å². The molecule has 1 aliphatic carbocycles. The lowest BCUT2D eigenvalue weighted by Crippen LogP contribution is -2.51. The predicted octanol–water partition coefficient (Wildman–Crippen LogP) is 5.63. The zero-order valence-electron chi connectivity index (χ0n) is 19.3. The van der Waals surface area contributed by atoms with E-state index in [9.17, 15) is 18.3 Å². The minimum Gasteiger partial charge on any atom is -0.495 e. The van der Waals surface area contributed by atoms with Gasteiger partial charge in [-0.15, -0.1) is 0 Å². The van der Waals surface area contributed by atoms with Crippen LogP contribution in [0.1, 0.15) is 35.7 Å². The molecule has 2 unspecified atom stereocenters. The van der Waals surface area contributed by atoms with Crippen LogP contribution in [0.3, 0.4) is 0 Å². The number of benzene rings is 1. The van der Waals surface area contributed by atoms with E-state index in [2.05, 4.69) is 15.6 Å². The van der Waals surface area contributed by atoms with Crippen LogP contribution < -0.4 is 15.4 Å². The van der Waals surface area contributed by atoms with E-state index in [1.807, 2.05) is 24.3 Å². The molecule has 0 fully saturated rings. The number of nitrogens with one attached hydrogen (secondary N) is 2. The van der Waals surface area contributed by atoms with Crippen molar-refractivity contribution in [3.05, 3.63) is 81.6 Å². The Morgan fingerprint density at radius 3 is 2.57 bits per heavy atom. The van der Waals surface area contributed by atoms with Crippen LogP contribution in [0.15, 0.2) is 59.8 Å². The number of methoxy groups -OCH3 is 1. The first-order valence-corrected chi connectivity index (χ1v) is 11.9. The molecule has 35 heavy (non-hydrogen) atoms. The third-order valence-electron chi connectivity index (χ3n) is 5.99. The maximum atomic E-state index is 12.9. The van der Waals surface area contributed by atoms with Crippen LogP contribution in [-0.2, 0) is 12.6 Å². The molecule has 1 aromatic heterocycles. The molecule has 0 spiro atoms. The molecule has 3 rings (SSSR count). The van der Waals surface area contributed by atoms with E-state index >= 15 is 0 Å². The molecule has 0 saturated carbocycles. The normalized spacial score (nSPS) is 18.6. The van der Waals surface area contributed by atoms with Gasteiger partial charge >= 0.3 is 6.18 Å². The molecule has 0 amide bonds. The van der Waals surface area contributed by atoms with Gasteiger partial charge in [-0.3, -0.25) is 10.3 Å². The summed E-state index contributed by atoms with van der Waals surface area (Å²) in [7, 11) is 3.20. The molecule has 1 aromatic carbocycles. The molecular formula is C25H28Cl2F3N3O2. The fourth-order valence-electron chi connectivity index (χ4n) is 4.03. The number of rotatable bonds is 10. The quantitative estimate of drug-likeness (QED) is 0.348. The zero-order chi connectivity index (χ0) is 25.6. The van der Waals surface area contributed by atoms with E-state index in [0.717, 1.165) is 11.6 Å². The number of allylic oxidation sites excluding steroid dienone is 3. The van der Waals surface area contributed by atoms with Crippen molar-refractivity contribution in [2.45, 2.75) is 43.8 Å². The molecule has 0 bridgehead atoms. The summed E-state index contributed by atoms with van der Waals surface area (Å²) in [6.07, 6.45) is 3.20. The molecule has 1 heterocycles. The fraction of sp³-hybridized carbons (Fsp3) is 0.400. The van der Waals surface area contributed by atoms with Gasteiger partial charge in [0.1, 0.15) is 17.7 Å². The van der Waals surface area contributed by atoms with Crippen molar-refractivity contribution in [1.82, 2.24) is 15.6 Å². The summed E-state index contributed by atoms with van der Waals surface area (Å²) in [5.41, 5.74) is 0.614. The van der Waals surface area contributed by atoms with E-state index < -0.39 is 18.1 Å². The fourth-order valence-corrected chi connectivity index (χ4v) is 4.38. The molecule has 5 nitrogen and oxygen atoms in total. The average molecular weight is 530 g/mol. The number of alkyl halides is 3. The van der Waals surface area contributed by atoms with E-state index in [1.165, 1.54) is 19.4 Å². The van der Waals surface area contributed by atoms with Crippen LogP contribution >= 0.6 is 23.2 Å². The van der Waals surface area contributed by atoms with Gasteiger partial charge in [0.25, 0.3) is 0 Å². The lowest BCUT2D eigenvalue weighted by Gasteiger charge is -2.34. The standard InChI is InChI=1S/C25H28Cl2F3N3O2/c1-31-24(34)23(16-5-8-18(26)9-6-16)33-20(17-7-10-19(27)21(13-17)35-2)11-3-15-4-12-22(32-14-15)25(28,29)30/h4-5,7-10,12-14,16,20,23-24,31,33-34H,3,6,11H2,1-2H3/t16?,20-,23+,24?/m0/s1. The van der Waals surface area contributed by atoms with Crippen molar-refractivity contribution in [3.8, 4) is 5.75 Å². The first kappa shape index (κ1) is 27.5. The highest BCUT2D eigenvalue weighted by atomic mass is 35.5. The summed E-state index contributed by atoms with van der Waals surface area (Å²) < 4.78 is 44.0. The summed E-state index contributed by atoms with van der Waals surface area (Å²) in [6.45, 7) is 0. The number of halogens is 5. The van der Waals surface area contributed by atoms with Gasteiger partial charge < -0.3 is 15.2 Å². The van der Waals surface area contributed by atoms with Crippen molar-refractivity contribution in [1.29, 1.82) is 0 Å². The Kier molecular flexibility index (Phi) is 9.61. The molecule has 190 valence electrons. The molecule has 0 saturated heterocycles. The van der Waals surface area contributed by atoms with Crippen LogP contribution in [-0.4, -0.2) is 36.5 Å². The highest BCUT2D eigenvalue weighted by Gasteiger charge is 2.32. The summed E-state index contributed by atoms with van der Waals surface area (Å²) in [6, 6.07) is 7.19. The van der Waals surface area contributed by atoms with Gasteiger partial charge in [0.05, 0.1) is 18.2 Å². The number of hydrogen-bond donors (Lipinski definition) is 3. The van der Waals surface area contributed by atoms with Crippen LogP contribution in [0.25, 0.3) is 0 Å². The van der Waals surface area contributed by atoms with Gasteiger partial charge in [0.2, 0.25) is 0 Å². The van der Waals surface area contributed by atoms with E-state index in [-0.39, 0.29) is 18.0 Å². The van der Waals surface area contributed by atoms with Crippen LogP contribution in [0.4, 0.5) is 13.2 Å². The van der Waals surface area contributed by atoms with Gasteiger partial charge in [-0.1, -0.05) is 47.5 Å². The minimum atomic E-state index is -4.48. The van der Waals surface area contributed by atoms with Crippen LogP contribution in [0.2, 0.25) is 5.02 Å². The lowest BCUT2D eigenvalue weighted by atomic mass is 9.89. The number of hydrogen-bond acceptors (Lipinski definition) is 5. The van der Waals surface area contributed by atoms with Gasteiger partial charge in [-0.2, -0.15) is 13.2 Å². The van der Waals surface area contributed by atoms with Gasteiger partial charge in [0, 0.05) is 17.3 Å².